The second-order valence-electron chi connectivity index (χ2n) is 29.7. The Bertz CT molecular complexity index is 2120. The van der Waals surface area contributed by atoms with Crippen LogP contribution < -0.4 is 29.7 Å². The van der Waals surface area contributed by atoms with Crippen molar-refractivity contribution in [2.75, 3.05) is 60.4 Å². The van der Waals surface area contributed by atoms with Crippen LogP contribution in [-0.4, -0.2) is 122 Å². The molecule has 0 aromatic rings. The Labute approximate surface area is 455 Å². The number of allylic oxidation sites excluding steroid dienone is 2. The number of nitrogens with zero attached hydrogens (tertiary/aromatic N) is 3. The molecule has 0 bridgehead atoms. The van der Waals surface area contributed by atoms with Gasteiger partial charge in [-0.05, 0) is 187 Å². The van der Waals surface area contributed by atoms with Gasteiger partial charge in [-0.15, -0.1) is 0 Å². The van der Waals surface area contributed by atoms with Gasteiger partial charge < -0.3 is 43.7 Å². The van der Waals surface area contributed by atoms with Crippen LogP contribution in [0.2, 0.25) is 0 Å². The van der Waals surface area contributed by atoms with Gasteiger partial charge in [0, 0.05) is 82.3 Å². The summed E-state index contributed by atoms with van der Waals surface area (Å²) in [6.45, 7) is 26.5. The van der Waals surface area contributed by atoms with Crippen LogP contribution in [0.15, 0.2) is 22.3 Å². The molecular formula is C63H103IN4O4. The molecule has 4 saturated heterocycles. The highest BCUT2D eigenvalue weighted by Gasteiger charge is 2.63. The Morgan fingerprint density at radius 3 is 1.46 bits per heavy atom. The first-order valence-electron chi connectivity index (χ1n) is 30.4. The Morgan fingerprint density at radius 2 is 1.04 bits per heavy atom. The van der Waals surface area contributed by atoms with E-state index in [9.17, 15) is 9.59 Å². The van der Waals surface area contributed by atoms with Crippen molar-refractivity contribution in [3.8, 4) is 0 Å². The quantitative estimate of drug-likeness (QED) is 0.168. The lowest BCUT2D eigenvalue weighted by atomic mass is 9.52. The molecule has 9 heteroatoms. The van der Waals surface area contributed by atoms with E-state index in [-0.39, 0.29) is 35.2 Å². The van der Waals surface area contributed by atoms with Gasteiger partial charge in [0.05, 0.1) is 51.1 Å². The van der Waals surface area contributed by atoms with Crippen molar-refractivity contribution in [3.63, 3.8) is 0 Å². The molecule has 4 aliphatic heterocycles. The first-order chi connectivity index (χ1) is 33.7. The lowest BCUT2D eigenvalue weighted by Gasteiger charge is -2.52. The molecule has 20 atom stereocenters. The van der Waals surface area contributed by atoms with Crippen LogP contribution in [0.5, 0.6) is 0 Å². The van der Waals surface area contributed by atoms with Gasteiger partial charge in [-0.25, -0.2) is 0 Å². The maximum atomic E-state index is 12.3. The van der Waals surface area contributed by atoms with Crippen molar-refractivity contribution in [2.24, 2.45) is 87.6 Å². The average Bonchev–Trinajstić information content (AvgIpc) is 3.98. The van der Waals surface area contributed by atoms with E-state index in [1.54, 1.807) is 11.1 Å². The molecule has 0 radical (unpaired) electrons. The Balaban J connectivity index is 0.000000164. The van der Waals surface area contributed by atoms with Crippen molar-refractivity contribution in [2.45, 2.75) is 219 Å². The fourth-order valence-corrected chi connectivity index (χ4v) is 21.1. The third-order valence-electron chi connectivity index (χ3n) is 24.8. The monoisotopic (exact) mass is 1110 g/mol. The first-order valence-corrected chi connectivity index (χ1v) is 30.4. The normalized spacial score (nSPS) is 49.1. The van der Waals surface area contributed by atoms with Gasteiger partial charge in [0.15, 0.2) is 0 Å². The summed E-state index contributed by atoms with van der Waals surface area (Å²) in [5.41, 5.74) is 13.8. The van der Waals surface area contributed by atoms with Gasteiger partial charge in [0.25, 0.3) is 0 Å². The molecule has 4 heterocycles. The molecule has 0 amide bonds. The third kappa shape index (κ3) is 9.32. The van der Waals surface area contributed by atoms with E-state index in [1.807, 2.05) is 11.1 Å². The van der Waals surface area contributed by atoms with Gasteiger partial charge >= 0.3 is 0 Å². The molecule has 10 fully saturated rings. The highest BCUT2D eigenvalue weighted by atomic mass is 127. The number of hydrogen-bond donors (Lipinski definition) is 1. The van der Waals surface area contributed by atoms with E-state index in [4.69, 9.17) is 15.2 Å². The number of ether oxygens (including phenoxy) is 2. The molecule has 8 nitrogen and oxygen atoms in total. The number of piperidine rings is 2. The number of rotatable bonds is 5. The number of Topliss-reactive ketones (excluding diaryl/α,β-unsaturated/α-hetero) is 2. The molecule has 12 aliphatic rings. The van der Waals surface area contributed by atoms with Gasteiger partial charge in [0.2, 0.25) is 0 Å². The van der Waals surface area contributed by atoms with E-state index in [0.29, 0.717) is 76.3 Å². The van der Waals surface area contributed by atoms with Gasteiger partial charge in [-0.1, -0.05) is 63.8 Å². The van der Waals surface area contributed by atoms with Gasteiger partial charge in [0.1, 0.15) is 11.6 Å². The number of nitrogens with two attached hydrogens (primary N) is 1. The summed E-state index contributed by atoms with van der Waals surface area (Å²) in [6, 6.07) is 1.12. The molecule has 6 saturated carbocycles. The highest BCUT2D eigenvalue weighted by Crippen LogP contribution is 2.67. The molecule has 8 aliphatic carbocycles. The van der Waals surface area contributed by atoms with Crippen LogP contribution in [0.3, 0.4) is 0 Å². The summed E-state index contributed by atoms with van der Waals surface area (Å²) < 4.78 is 15.5. The van der Waals surface area contributed by atoms with Crippen LogP contribution in [0.1, 0.15) is 184 Å². The SMILES string of the molecule is CC1=C2C[C@H]3[C@@H](CC[C@@H]4CC(=O)CC[C@@]43C)[C@@H]2CC[C@@]2(C1)O[C@@H]1C[C@H](C)CN(CCN)[C@H]1[C@H]2C.CC1=C2C[C@H]3[C@@H](CC[C@@H]4CC(=O)CC[C@@]43C)[C@@H]2CC[C@@]2(C1)O[C@@H]1C[C@H](C)CN(CC[N+](C)(C)C)[C@H]1[C@H]2C.[I-]. The number of halogens is 1. The molecular weight excluding hydrogens is 1000 g/mol. The second-order valence-corrected chi connectivity index (χ2v) is 29.7. The summed E-state index contributed by atoms with van der Waals surface area (Å²) in [5.74, 6) is 9.74. The van der Waals surface area contributed by atoms with Crippen molar-refractivity contribution >= 4 is 11.6 Å². The van der Waals surface area contributed by atoms with Gasteiger partial charge in [-0.2, -0.15) is 0 Å². The Kier molecular flexibility index (Phi) is 15.3. The van der Waals surface area contributed by atoms with Crippen molar-refractivity contribution < 1.29 is 47.5 Å². The fraction of sp³-hybridized carbons (Fsp3) is 0.905. The van der Waals surface area contributed by atoms with Crippen LogP contribution >= 0.6 is 0 Å². The molecule has 72 heavy (non-hydrogen) atoms. The zero-order chi connectivity index (χ0) is 50.2. The van der Waals surface area contributed by atoms with E-state index in [1.165, 1.54) is 103 Å². The molecule has 0 unspecified atom stereocenters. The largest absolute Gasteiger partial charge is 1.00 e. The lowest BCUT2D eigenvalue weighted by molar-refractivity contribution is -0.869. The van der Waals surface area contributed by atoms with Crippen LogP contribution in [0.4, 0.5) is 0 Å². The molecule has 0 aromatic carbocycles. The van der Waals surface area contributed by atoms with E-state index < -0.39 is 0 Å². The van der Waals surface area contributed by atoms with Gasteiger partial charge in [-0.3, -0.25) is 19.4 Å². The number of ketones is 2. The summed E-state index contributed by atoms with van der Waals surface area (Å²) in [4.78, 5) is 30.0. The van der Waals surface area contributed by atoms with Crippen LogP contribution in [-0.2, 0) is 19.1 Å². The van der Waals surface area contributed by atoms with E-state index in [0.717, 1.165) is 110 Å². The molecule has 406 valence electrons. The molecule has 2 spiro atoms. The Hall–Kier alpha value is -0.690. The average molecular weight is 1110 g/mol. The topological polar surface area (TPSA) is 85.1 Å². The number of likely N-dealkylation sites (tertiary alicyclic amines) is 2. The summed E-state index contributed by atoms with van der Waals surface area (Å²) in [7, 11) is 6.98. The summed E-state index contributed by atoms with van der Waals surface area (Å²) in [5, 5.41) is 0. The standard InChI is InChI=1S/C33H55N2O2.C30H48N2O2.HI/c1-21-16-30-31(34(20-21)14-15-35(5,6)7)23(3)33(37-30)13-11-26-27-9-8-24-17-25(36)10-12-32(24,4)29(27)18-28(26)22(2)19-33;1-18-13-27-28(32(17-18)12-11-31)20(3)30(34-27)10-8-23-24-6-5-21-14-22(33)7-9-29(21,4)26(24)15-25(23)19(2)16-30;/h21,23-24,26-27,29-31H,8-20H2,1-7H3;18,20-21,23-24,26-28H,5-17,31H2,1-4H3;1H/q+1;;/p-1/t21-,23+,24+,26-,27-,29-,30+,31-,32-,33-;18-,20+,21+,23-,24-,26-,27+,28-,29-,30-;/m00./s1. The minimum Gasteiger partial charge on any atom is -1.00 e. The van der Waals surface area contributed by atoms with Crippen LogP contribution in [0, 0.1) is 81.8 Å². The first kappa shape index (κ1) is 54.7. The number of carbonyl (C=O) groups is 2. The van der Waals surface area contributed by atoms with E-state index in [2.05, 4.69) is 86.3 Å². The zero-order valence-corrected chi connectivity index (χ0v) is 49.7. The predicted octanol–water partition coefficient (Wildman–Crippen LogP) is 8.45. The lowest BCUT2D eigenvalue weighted by Crippen LogP contribution is -3.00. The second kappa shape index (κ2) is 20.2. The number of hydrogen-bond acceptors (Lipinski definition) is 7. The maximum Gasteiger partial charge on any atom is 0.133 e. The molecule has 12 rings (SSSR count). The summed E-state index contributed by atoms with van der Waals surface area (Å²) in [6.07, 6.45) is 24.2. The smallest absolute Gasteiger partial charge is 0.133 e. The molecule has 0 aromatic heterocycles. The Morgan fingerprint density at radius 1 is 0.611 bits per heavy atom. The fourth-order valence-electron chi connectivity index (χ4n) is 21.1. The van der Waals surface area contributed by atoms with Crippen molar-refractivity contribution in [1.29, 1.82) is 0 Å². The van der Waals surface area contributed by atoms with Crippen molar-refractivity contribution in [3.05, 3.63) is 22.3 Å². The van der Waals surface area contributed by atoms with Crippen molar-refractivity contribution in [1.82, 2.24) is 9.80 Å². The number of likely N-dealkylation sites (N-methyl/N-ethyl adjacent to an activating group) is 1. The zero-order valence-electron chi connectivity index (χ0n) is 47.6. The minimum atomic E-state index is 0. The number of fused-ring (bicyclic) bond motifs is 12. The number of quaternary nitrogens is 1. The third-order valence-corrected chi connectivity index (χ3v) is 24.8. The summed E-state index contributed by atoms with van der Waals surface area (Å²) >= 11 is 0. The number of carbonyl (C=O) groups excluding carboxylic acids is 2. The molecule has 2 N–H and O–H groups in total. The van der Waals surface area contributed by atoms with Crippen LogP contribution in [0.25, 0.3) is 0 Å². The minimum absolute atomic E-state index is 0. The van der Waals surface area contributed by atoms with E-state index >= 15 is 0 Å². The highest BCUT2D eigenvalue weighted by molar-refractivity contribution is 5.80. The maximum absolute atomic E-state index is 12.3. The predicted molar refractivity (Wildman–Crippen MR) is 286 cm³/mol.